The Morgan fingerprint density at radius 2 is 1.43 bits per heavy atom. The van der Waals surface area contributed by atoms with E-state index in [1.165, 1.54) is 0 Å². The molecule has 1 N–H and O–H groups in total. The van der Waals surface area contributed by atoms with Crippen LogP contribution >= 0.6 is 0 Å². The predicted octanol–water partition coefficient (Wildman–Crippen LogP) is 1.84. The van der Waals surface area contributed by atoms with Crippen molar-refractivity contribution in [1.29, 1.82) is 0 Å². The number of halogens is 6. The highest BCUT2D eigenvalue weighted by molar-refractivity contribution is 7.90. The van der Waals surface area contributed by atoms with Crippen molar-refractivity contribution in [3.63, 3.8) is 0 Å². The summed E-state index contributed by atoms with van der Waals surface area (Å²) in [6, 6.07) is 0. The summed E-state index contributed by atoms with van der Waals surface area (Å²) in [7, 11) is -6.82. The highest BCUT2D eigenvalue weighted by Crippen LogP contribution is 2.51. The summed E-state index contributed by atoms with van der Waals surface area (Å²) in [5.74, 6) is -6.55. The van der Waals surface area contributed by atoms with E-state index in [1.807, 2.05) is 0 Å². The number of alkyl halides is 6. The van der Waals surface area contributed by atoms with E-state index >= 15 is 0 Å². The molecule has 1 aliphatic rings. The minimum Gasteiger partial charge on any atom is -0.593 e. The second-order valence-corrected chi connectivity index (χ2v) is 7.31. The molecule has 126 valence electrons. The minimum absolute atomic E-state index is 0.252. The Bertz CT molecular complexity index is 479. The van der Waals surface area contributed by atoms with Crippen molar-refractivity contribution in [2.24, 2.45) is 0 Å². The van der Waals surface area contributed by atoms with E-state index in [1.54, 1.807) is 0 Å². The Morgan fingerprint density at radius 3 is 1.81 bits per heavy atom. The first kappa shape index (κ1) is 18.8. The molecule has 1 unspecified atom stereocenters. The average Bonchev–Trinajstić information content (AvgIpc) is 2.37. The quantitative estimate of drug-likeness (QED) is 0.458. The number of hydrogen-bond acceptors (Lipinski definition) is 4. The maximum Gasteiger partial charge on any atom is 0.498 e. The van der Waals surface area contributed by atoms with E-state index in [2.05, 4.69) is 0 Å². The second-order valence-electron chi connectivity index (χ2n) is 4.32. The van der Waals surface area contributed by atoms with Crippen LogP contribution in [-0.4, -0.2) is 51.3 Å². The zero-order chi connectivity index (χ0) is 16.7. The molecule has 0 radical (unpaired) electrons. The van der Waals surface area contributed by atoms with E-state index in [9.17, 15) is 39.3 Å². The fourth-order valence-electron chi connectivity index (χ4n) is 1.63. The highest BCUT2D eigenvalue weighted by Gasteiger charge is 2.84. The van der Waals surface area contributed by atoms with Crippen LogP contribution in [0.5, 0.6) is 0 Å². The molecule has 1 fully saturated rings. The van der Waals surface area contributed by atoms with Gasteiger partial charge >= 0.3 is 26.5 Å². The van der Waals surface area contributed by atoms with Crippen LogP contribution in [0, 0.1) is 0 Å². The summed E-state index contributed by atoms with van der Waals surface area (Å²) in [6.45, 7) is -0.564. The van der Waals surface area contributed by atoms with Crippen molar-refractivity contribution in [1.82, 2.24) is 4.31 Å². The number of rotatable bonds is 5. The predicted molar refractivity (Wildman–Crippen MR) is 60.0 cm³/mol. The van der Waals surface area contributed by atoms with Gasteiger partial charge in [0, 0.05) is 13.1 Å². The molecular formula is C8H11F6NO4S2. The summed E-state index contributed by atoms with van der Waals surface area (Å²) >= 11 is -3.87. The largest absolute Gasteiger partial charge is 0.593 e. The topological polar surface area (TPSA) is 80.7 Å². The van der Waals surface area contributed by atoms with Crippen LogP contribution in [0.15, 0.2) is 0 Å². The summed E-state index contributed by atoms with van der Waals surface area (Å²) < 4.78 is 119. The molecule has 0 aromatic heterocycles. The second kappa shape index (κ2) is 5.76. The van der Waals surface area contributed by atoms with Crippen molar-refractivity contribution in [3.05, 3.63) is 0 Å². The third-order valence-electron chi connectivity index (χ3n) is 2.82. The van der Waals surface area contributed by atoms with Gasteiger partial charge in [-0.15, -0.1) is 13.1 Å². The van der Waals surface area contributed by atoms with Crippen molar-refractivity contribution >= 4 is 21.5 Å². The molecular weight excluding hydrogens is 352 g/mol. The third-order valence-corrected chi connectivity index (χ3v) is 5.26. The van der Waals surface area contributed by atoms with Crippen molar-refractivity contribution in [2.45, 2.75) is 35.7 Å². The molecule has 1 aliphatic heterocycles. The van der Waals surface area contributed by atoms with E-state index < -0.39 is 37.9 Å². The van der Waals surface area contributed by atoms with Gasteiger partial charge in [-0.1, -0.05) is 6.42 Å². The van der Waals surface area contributed by atoms with E-state index in [0.29, 0.717) is 10.7 Å². The molecule has 0 aliphatic carbocycles. The highest BCUT2D eigenvalue weighted by atomic mass is 32.2. The molecule has 0 bridgehead atoms. The summed E-state index contributed by atoms with van der Waals surface area (Å²) in [4.78, 5) is 0. The average molecular weight is 363 g/mol. The Kier molecular flexibility index (Phi) is 5.15. The molecule has 0 aromatic carbocycles. The van der Waals surface area contributed by atoms with Gasteiger partial charge in [0.1, 0.15) is 11.4 Å². The van der Waals surface area contributed by atoms with Crippen LogP contribution in [0.2, 0.25) is 0 Å². The van der Waals surface area contributed by atoms with Gasteiger partial charge in [0.05, 0.1) is 0 Å². The Labute approximate surface area is 119 Å². The van der Waals surface area contributed by atoms with E-state index in [-0.39, 0.29) is 25.9 Å². The van der Waals surface area contributed by atoms with E-state index in [0.717, 1.165) is 0 Å². The third kappa shape index (κ3) is 3.11. The summed E-state index contributed by atoms with van der Waals surface area (Å²) in [5.41, 5.74) is 0. The van der Waals surface area contributed by atoms with Crippen LogP contribution in [-0.2, 0) is 21.5 Å². The molecule has 1 rings (SSSR count). The zero-order valence-corrected chi connectivity index (χ0v) is 11.9. The van der Waals surface area contributed by atoms with Gasteiger partial charge in [-0.3, -0.25) is 4.55 Å². The molecule has 0 spiro atoms. The maximum atomic E-state index is 13.5. The van der Waals surface area contributed by atoms with Gasteiger partial charge < -0.3 is 4.55 Å². The van der Waals surface area contributed by atoms with Crippen molar-refractivity contribution < 1.29 is 43.9 Å². The molecule has 1 atom stereocenters. The van der Waals surface area contributed by atoms with Gasteiger partial charge in [0.25, 0.3) is 0 Å². The first-order chi connectivity index (χ1) is 9.27. The number of nitrogens with zero attached hydrogens (tertiary/aromatic N) is 1. The molecule has 0 amide bonds. The maximum absolute atomic E-state index is 13.5. The molecule has 0 aromatic rings. The molecule has 5 nitrogen and oxygen atoms in total. The number of piperidine rings is 1. The smallest absolute Gasteiger partial charge is 0.498 e. The molecule has 13 heteroatoms. The lowest BCUT2D eigenvalue weighted by Crippen LogP contribution is -2.63. The van der Waals surface area contributed by atoms with Crippen molar-refractivity contribution in [2.75, 3.05) is 13.1 Å². The molecule has 0 saturated carbocycles. The fraction of sp³-hybridized carbons (Fsp3) is 1.00. The monoisotopic (exact) mass is 363 g/mol. The number of hydrogen-bond donors (Lipinski definition) is 1. The fourth-order valence-corrected chi connectivity index (χ4v) is 3.41. The summed E-state index contributed by atoms with van der Waals surface area (Å²) in [6.07, 6.45) is 1.07. The van der Waals surface area contributed by atoms with Crippen LogP contribution in [0.1, 0.15) is 19.3 Å². The van der Waals surface area contributed by atoms with E-state index in [4.69, 9.17) is 4.55 Å². The Hall–Kier alpha value is -0.240. The van der Waals surface area contributed by atoms with Gasteiger partial charge in [0.15, 0.2) is 0 Å². The SMILES string of the molecule is O=S(=O)(O)C(F)(F)C(F)(F)C(F)(F)[S+]([O-])N1CCCCC1. The minimum atomic E-state index is -6.82. The van der Waals surface area contributed by atoms with Gasteiger partial charge in [-0.2, -0.15) is 26.0 Å². The van der Waals surface area contributed by atoms with Gasteiger partial charge in [-0.25, -0.2) is 0 Å². The van der Waals surface area contributed by atoms with Crippen LogP contribution in [0.4, 0.5) is 26.3 Å². The lowest BCUT2D eigenvalue weighted by atomic mass is 10.2. The first-order valence-electron chi connectivity index (χ1n) is 5.54. The summed E-state index contributed by atoms with van der Waals surface area (Å²) in [5, 5.41) is -12.3. The lowest BCUT2D eigenvalue weighted by molar-refractivity contribution is -0.246. The first-order valence-corrected chi connectivity index (χ1v) is 8.09. The lowest BCUT2D eigenvalue weighted by Gasteiger charge is -2.35. The Balaban J connectivity index is 3.14. The van der Waals surface area contributed by atoms with Gasteiger partial charge in [0.2, 0.25) is 0 Å². The standard InChI is InChI=1S/C8H11F6NO4S2/c9-6(10,8(13,14)21(17,18)19)7(11,12)20(16)15-4-2-1-3-5-15/h1-5H2,(H,17,18,19). The Morgan fingerprint density at radius 1 is 1.00 bits per heavy atom. The van der Waals surface area contributed by atoms with Gasteiger partial charge in [-0.05, 0) is 12.8 Å². The van der Waals surface area contributed by atoms with Crippen LogP contribution in [0.3, 0.4) is 0 Å². The molecule has 21 heavy (non-hydrogen) atoms. The zero-order valence-electron chi connectivity index (χ0n) is 10.2. The van der Waals surface area contributed by atoms with Crippen molar-refractivity contribution in [3.8, 4) is 0 Å². The van der Waals surface area contributed by atoms with Crippen LogP contribution < -0.4 is 0 Å². The van der Waals surface area contributed by atoms with Crippen LogP contribution in [0.25, 0.3) is 0 Å². The molecule has 1 saturated heterocycles. The molecule has 1 heterocycles. The normalized spacial score (nSPS) is 21.3.